The maximum atomic E-state index is 12.5. The first-order valence-electron chi connectivity index (χ1n) is 9.19. The summed E-state index contributed by atoms with van der Waals surface area (Å²) in [6.07, 6.45) is 3.77. The first kappa shape index (κ1) is 20.9. The Morgan fingerprint density at radius 1 is 1.31 bits per heavy atom. The molecule has 0 saturated heterocycles. The second kappa shape index (κ2) is 8.06. The fourth-order valence-electron chi connectivity index (χ4n) is 3.32. The van der Waals surface area contributed by atoms with Gasteiger partial charge in [0.05, 0.1) is 10.8 Å². The minimum absolute atomic E-state index is 0.0223. The number of amides is 1. The van der Waals surface area contributed by atoms with Gasteiger partial charge in [0, 0.05) is 25.2 Å². The second-order valence-corrected chi connectivity index (χ2v) is 9.78. The zero-order chi connectivity index (χ0) is 19.5. The number of hydrogen-bond acceptors (Lipinski definition) is 4. The molecular weight excluding hydrogens is 350 g/mol. The monoisotopic (exact) mass is 381 g/mol. The number of hydrogen-bond donors (Lipinski definition) is 2. The second-order valence-electron chi connectivity index (χ2n) is 7.78. The van der Waals surface area contributed by atoms with Crippen molar-refractivity contribution in [1.82, 2.24) is 9.62 Å². The molecule has 1 aliphatic carbocycles. The summed E-state index contributed by atoms with van der Waals surface area (Å²) in [5.74, 6) is -0.193. The van der Waals surface area contributed by atoms with Crippen LogP contribution in [-0.4, -0.2) is 37.3 Å². The lowest BCUT2D eigenvalue weighted by Gasteiger charge is -2.37. The lowest BCUT2D eigenvalue weighted by atomic mass is 9.74. The molecule has 0 bridgehead atoms. The van der Waals surface area contributed by atoms with Crippen LogP contribution < -0.4 is 11.1 Å². The van der Waals surface area contributed by atoms with Gasteiger partial charge in [-0.3, -0.25) is 4.79 Å². The van der Waals surface area contributed by atoms with Gasteiger partial charge < -0.3 is 11.1 Å². The molecule has 0 spiro atoms. The molecule has 0 aliphatic heterocycles. The number of nitrogens with two attached hydrogens (primary N) is 1. The summed E-state index contributed by atoms with van der Waals surface area (Å²) in [7, 11) is -1.92. The van der Waals surface area contributed by atoms with E-state index >= 15 is 0 Å². The van der Waals surface area contributed by atoms with E-state index in [1.54, 1.807) is 31.3 Å². The van der Waals surface area contributed by atoms with Crippen LogP contribution in [0.4, 0.5) is 0 Å². The topological polar surface area (TPSA) is 92.5 Å². The third kappa shape index (κ3) is 4.64. The van der Waals surface area contributed by atoms with Crippen LogP contribution in [0.1, 0.15) is 52.0 Å². The van der Waals surface area contributed by atoms with E-state index in [1.165, 1.54) is 4.31 Å². The van der Waals surface area contributed by atoms with Crippen molar-refractivity contribution in [1.29, 1.82) is 0 Å². The van der Waals surface area contributed by atoms with E-state index in [4.69, 9.17) is 5.73 Å². The Labute approximate surface area is 157 Å². The van der Waals surface area contributed by atoms with Crippen LogP contribution >= 0.6 is 0 Å². The van der Waals surface area contributed by atoms with Gasteiger partial charge in [-0.05, 0) is 51.3 Å². The number of nitrogens with one attached hydrogen (secondary N) is 1. The molecule has 1 saturated carbocycles. The average Bonchev–Trinajstić information content (AvgIpc) is 2.58. The molecule has 1 aromatic rings. The van der Waals surface area contributed by atoms with Crippen molar-refractivity contribution in [2.45, 2.75) is 69.5 Å². The molecule has 26 heavy (non-hydrogen) atoms. The molecule has 3 N–H and O–H groups in total. The predicted octanol–water partition coefficient (Wildman–Crippen LogP) is 2.24. The van der Waals surface area contributed by atoms with Gasteiger partial charge in [-0.25, -0.2) is 8.42 Å². The molecule has 1 aliphatic rings. The fraction of sp³-hybridized carbons (Fsp3) is 0.632. The summed E-state index contributed by atoms with van der Waals surface area (Å²) in [6.45, 7) is 5.98. The number of rotatable bonds is 6. The molecule has 146 valence electrons. The smallest absolute Gasteiger partial charge is 0.243 e. The number of nitrogens with zero attached hydrogens (tertiary/aromatic N) is 1. The summed E-state index contributed by atoms with van der Waals surface area (Å²) in [4.78, 5) is 12.7. The van der Waals surface area contributed by atoms with Gasteiger partial charge >= 0.3 is 0 Å². The Morgan fingerprint density at radius 3 is 2.46 bits per heavy atom. The standard InChI is InChI=1S/C19H31N3O3S/c1-14(2)22(4)26(24,25)16-10-8-15(9-11-16)13-21-18(23)17-7-5-6-12-19(17,3)20/h8-11,14,17H,5-7,12-13,20H2,1-4H3,(H,21,23). The van der Waals surface area contributed by atoms with Crippen molar-refractivity contribution in [3.8, 4) is 0 Å². The normalized spacial score (nSPS) is 24.0. The van der Waals surface area contributed by atoms with Crippen molar-refractivity contribution in [2.24, 2.45) is 11.7 Å². The maximum Gasteiger partial charge on any atom is 0.243 e. The third-order valence-electron chi connectivity index (χ3n) is 5.37. The number of benzene rings is 1. The van der Waals surface area contributed by atoms with Crippen LogP contribution in [0.5, 0.6) is 0 Å². The zero-order valence-electron chi connectivity index (χ0n) is 16.2. The molecule has 2 unspecified atom stereocenters. The van der Waals surface area contributed by atoms with Crippen molar-refractivity contribution in [3.63, 3.8) is 0 Å². The lowest BCUT2D eigenvalue weighted by molar-refractivity contribution is -0.128. The Morgan fingerprint density at radius 2 is 1.92 bits per heavy atom. The third-order valence-corrected chi connectivity index (χ3v) is 7.41. The first-order valence-corrected chi connectivity index (χ1v) is 10.6. The van der Waals surface area contributed by atoms with Gasteiger partial charge in [0.2, 0.25) is 15.9 Å². The SMILES string of the molecule is CC(C)N(C)S(=O)(=O)c1ccc(CNC(=O)C2CCCCC2(C)N)cc1. The van der Waals surface area contributed by atoms with E-state index in [1.807, 2.05) is 20.8 Å². The minimum Gasteiger partial charge on any atom is -0.352 e. The Kier molecular flexibility index (Phi) is 6.47. The van der Waals surface area contributed by atoms with E-state index < -0.39 is 15.6 Å². The molecule has 2 rings (SSSR count). The quantitative estimate of drug-likeness (QED) is 0.790. The zero-order valence-corrected chi connectivity index (χ0v) is 17.0. The highest BCUT2D eigenvalue weighted by molar-refractivity contribution is 7.89. The summed E-state index contributed by atoms with van der Waals surface area (Å²) in [5, 5.41) is 2.94. The van der Waals surface area contributed by atoms with E-state index in [9.17, 15) is 13.2 Å². The molecule has 0 heterocycles. The molecule has 0 radical (unpaired) electrons. The Balaban J connectivity index is 2.00. The van der Waals surface area contributed by atoms with Gasteiger partial charge in [-0.15, -0.1) is 0 Å². The summed E-state index contributed by atoms with van der Waals surface area (Å²) >= 11 is 0. The Hall–Kier alpha value is -1.44. The van der Waals surface area contributed by atoms with E-state index in [0.717, 1.165) is 31.2 Å². The average molecular weight is 382 g/mol. The van der Waals surface area contributed by atoms with Crippen molar-refractivity contribution in [2.75, 3.05) is 7.05 Å². The van der Waals surface area contributed by atoms with Crippen LogP contribution in [0.15, 0.2) is 29.2 Å². The van der Waals surface area contributed by atoms with Gasteiger partial charge in [-0.1, -0.05) is 25.0 Å². The fourth-order valence-corrected chi connectivity index (χ4v) is 4.69. The molecule has 0 aromatic heterocycles. The van der Waals surface area contributed by atoms with Crippen LogP contribution in [0.25, 0.3) is 0 Å². The van der Waals surface area contributed by atoms with Crippen molar-refractivity contribution < 1.29 is 13.2 Å². The van der Waals surface area contributed by atoms with Crippen molar-refractivity contribution >= 4 is 15.9 Å². The number of carbonyl (C=O) groups is 1. The molecule has 1 aromatic carbocycles. The molecule has 1 fully saturated rings. The molecule has 7 heteroatoms. The van der Waals surface area contributed by atoms with Crippen LogP contribution in [-0.2, 0) is 21.4 Å². The maximum absolute atomic E-state index is 12.5. The minimum atomic E-state index is -3.49. The first-order chi connectivity index (χ1) is 12.1. The highest BCUT2D eigenvalue weighted by Crippen LogP contribution is 2.31. The molecular formula is C19H31N3O3S. The predicted molar refractivity (Wildman–Crippen MR) is 103 cm³/mol. The largest absolute Gasteiger partial charge is 0.352 e. The lowest BCUT2D eigenvalue weighted by Crippen LogP contribution is -2.52. The van der Waals surface area contributed by atoms with E-state index in [2.05, 4.69) is 5.32 Å². The van der Waals surface area contributed by atoms with Crippen LogP contribution in [0, 0.1) is 5.92 Å². The van der Waals surface area contributed by atoms with Gasteiger partial charge in [0.25, 0.3) is 0 Å². The summed E-state index contributed by atoms with van der Waals surface area (Å²) < 4.78 is 26.3. The number of carbonyl (C=O) groups excluding carboxylic acids is 1. The van der Waals surface area contributed by atoms with Gasteiger partial charge in [0.1, 0.15) is 0 Å². The molecule has 2 atom stereocenters. The van der Waals surface area contributed by atoms with Crippen LogP contribution in [0.3, 0.4) is 0 Å². The Bertz CT molecular complexity index is 727. The molecule has 6 nitrogen and oxygen atoms in total. The highest BCUT2D eigenvalue weighted by atomic mass is 32.2. The van der Waals surface area contributed by atoms with Gasteiger partial charge in [0.15, 0.2) is 0 Å². The van der Waals surface area contributed by atoms with Crippen molar-refractivity contribution in [3.05, 3.63) is 29.8 Å². The molecule has 1 amide bonds. The number of sulfonamides is 1. The van der Waals surface area contributed by atoms with E-state index in [0.29, 0.717) is 6.54 Å². The van der Waals surface area contributed by atoms with Gasteiger partial charge in [-0.2, -0.15) is 4.31 Å². The van der Waals surface area contributed by atoms with Crippen LogP contribution in [0.2, 0.25) is 0 Å². The van der Waals surface area contributed by atoms with E-state index in [-0.39, 0.29) is 22.8 Å². The highest BCUT2D eigenvalue weighted by Gasteiger charge is 2.37. The summed E-state index contributed by atoms with van der Waals surface area (Å²) in [6, 6.07) is 6.54. The summed E-state index contributed by atoms with van der Waals surface area (Å²) in [5.41, 5.74) is 6.68.